The monoisotopic (exact) mass is 321 g/mol. The first kappa shape index (κ1) is 15.4. The topological polar surface area (TPSA) is 21.3 Å². The summed E-state index contributed by atoms with van der Waals surface area (Å²) >= 11 is 12.2. The summed E-state index contributed by atoms with van der Waals surface area (Å²) < 4.78 is 5.44. The summed E-state index contributed by atoms with van der Waals surface area (Å²) in [5, 5.41) is 4.77. The van der Waals surface area contributed by atoms with Crippen LogP contribution in [0.25, 0.3) is 0 Å². The van der Waals surface area contributed by atoms with Crippen molar-refractivity contribution >= 4 is 35.6 Å². The second-order valence-corrected chi connectivity index (χ2v) is 6.34. The molecule has 3 rings (SSSR count). The Morgan fingerprint density at radius 3 is 2.79 bits per heavy atom. The van der Waals surface area contributed by atoms with Gasteiger partial charge in [0.15, 0.2) is 0 Å². The number of nitrogens with one attached hydrogen (secondary N) is 1. The molecule has 5 heteroatoms. The summed E-state index contributed by atoms with van der Waals surface area (Å²) in [6.07, 6.45) is 2.35. The van der Waals surface area contributed by atoms with E-state index >= 15 is 0 Å². The highest BCUT2D eigenvalue weighted by Gasteiger charge is 2.68. The van der Waals surface area contributed by atoms with Crippen LogP contribution in [0.2, 0.25) is 10.0 Å². The number of methoxy groups -OCH3 is 1. The van der Waals surface area contributed by atoms with E-state index in [0.29, 0.717) is 15.5 Å². The number of ether oxygens (including phenoxy) is 1. The van der Waals surface area contributed by atoms with Crippen LogP contribution in [0, 0.1) is 5.41 Å². The summed E-state index contributed by atoms with van der Waals surface area (Å²) in [6.45, 7) is 2.91. The first-order chi connectivity index (χ1) is 8.63. The predicted molar refractivity (Wildman–Crippen MR) is 81.8 cm³/mol. The molecule has 0 unspecified atom stereocenters. The minimum absolute atomic E-state index is 0. The molecule has 1 saturated carbocycles. The van der Waals surface area contributed by atoms with Crippen LogP contribution >= 0.6 is 35.6 Å². The van der Waals surface area contributed by atoms with Crippen LogP contribution in [0.1, 0.15) is 18.4 Å². The summed E-state index contributed by atoms with van der Waals surface area (Å²) in [6, 6.07) is 6.03. The standard InChI is InChI=1S/C14H17Cl2NO.ClH/c1-18-9-13-4-5-17-8-14(13,7-13)10-2-3-11(15)12(16)6-10;/h2-3,6,17H,4-5,7-9H2,1H3;1H/t13-,14-;/m0./s1. The fourth-order valence-corrected chi connectivity index (χ4v) is 3.88. The van der Waals surface area contributed by atoms with Gasteiger partial charge in [0.1, 0.15) is 0 Å². The van der Waals surface area contributed by atoms with Gasteiger partial charge in [-0.3, -0.25) is 0 Å². The molecular weight excluding hydrogens is 305 g/mol. The fraction of sp³-hybridized carbons (Fsp3) is 0.571. The summed E-state index contributed by atoms with van der Waals surface area (Å²) in [4.78, 5) is 0. The van der Waals surface area contributed by atoms with Crippen LogP contribution in [-0.2, 0) is 10.2 Å². The van der Waals surface area contributed by atoms with Gasteiger partial charge >= 0.3 is 0 Å². The second-order valence-electron chi connectivity index (χ2n) is 5.53. The molecule has 1 aromatic carbocycles. The molecule has 1 saturated heterocycles. The zero-order valence-electron chi connectivity index (χ0n) is 10.8. The average molecular weight is 323 g/mol. The molecular formula is C14H18Cl3NO. The van der Waals surface area contributed by atoms with E-state index < -0.39 is 0 Å². The van der Waals surface area contributed by atoms with Crippen molar-refractivity contribution in [2.75, 3.05) is 26.8 Å². The Kier molecular flexibility index (Phi) is 4.39. The third-order valence-electron chi connectivity index (χ3n) is 4.63. The summed E-state index contributed by atoms with van der Waals surface area (Å²) in [5.41, 5.74) is 1.78. The van der Waals surface area contributed by atoms with Crippen LogP contribution in [0.3, 0.4) is 0 Å². The lowest BCUT2D eigenvalue weighted by Crippen LogP contribution is -2.40. The van der Waals surface area contributed by atoms with Crippen molar-refractivity contribution < 1.29 is 4.74 Å². The molecule has 1 aromatic rings. The molecule has 0 aromatic heterocycles. The Morgan fingerprint density at radius 2 is 2.11 bits per heavy atom. The molecule has 0 amide bonds. The van der Waals surface area contributed by atoms with Crippen LogP contribution in [0.5, 0.6) is 0 Å². The van der Waals surface area contributed by atoms with E-state index in [1.165, 1.54) is 18.4 Å². The lowest BCUT2D eigenvalue weighted by Gasteiger charge is -2.31. The summed E-state index contributed by atoms with van der Waals surface area (Å²) in [7, 11) is 1.79. The normalized spacial score (nSPS) is 32.4. The molecule has 0 radical (unpaired) electrons. The first-order valence-electron chi connectivity index (χ1n) is 6.29. The van der Waals surface area contributed by atoms with E-state index in [2.05, 4.69) is 11.4 Å². The zero-order chi connectivity index (χ0) is 12.8. The van der Waals surface area contributed by atoms with Crippen molar-refractivity contribution in [2.45, 2.75) is 18.3 Å². The van der Waals surface area contributed by atoms with E-state index in [1.54, 1.807) is 7.11 Å². The maximum Gasteiger partial charge on any atom is 0.0595 e. The zero-order valence-corrected chi connectivity index (χ0v) is 13.2. The molecule has 2 nitrogen and oxygen atoms in total. The van der Waals surface area contributed by atoms with Gasteiger partial charge in [0.25, 0.3) is 0 Å². The van der Waals surface area contributed by atoms with Gasteiger partial charge in [-0.25, -0.2) is 0 Å². The maximum absolute atomic E-state index is 6.15. The van der Waals surface area contributed by atoms with Crippen molar-refractivity contribution in [1.82, 2.24) is 5.32 Å². The molecule has 2 aliphatic rings. The van der Waals surface area contributed by atoms with Crippen molar-refractivity contribution in [3.63, 3.8) is 0 Å². The first-order valence-corrected chi connectivity index (χ1v) is 7.04. The van der Waals surface area contributed by atoms with Gasteiger partial charge in [0.2, 0.25) is 0 Å². The SMILES string of the molecule is COC[C@@]12CCNC[C@]1(c1ccc(Cl)c(Cl)c1)C2.Cl. The van der Waals surface area contributed by atoms with E-state index in [0.717, 1.165) is 19.7 Å². The lowest BCUT2D eigenvalue weighted by molar-refractivity contribution is 0.112. The highest BCUT2D eigenvalue weighted by Crippen LogP contribution is 2.67. The van der Waals surface area contributed by atoms with Crippen molar-refractivity contribution in [3.05, 3.63) is 33.8 Å². The Hall–Kier alpha value is 0.01000. The Morgan fingerprint density at radius 1 is 1.32 bits per heavy atom. The average Bonchev–Trinajstić information content (AvgIpc) is 3.03. The van der Waals surface area contributed by atoms with Crippen LogP contribution in [-0.4, -0.2) is 26.8 Å². The highest BCUT2D eigenvalue weighted by atomic mass is 35.5. The Labute approximate surface area is 130 Å². The molecule has 0 bridgehead atoms. The largest absolute Gasteiger partial charge is 0.384 e. The van der Waals surface area contributed by atoms with Crippen molar-refractivity contribution in [1.29, 1.82) is 0 Å². The molecule has 1 aliphatic heterocycles. The van der Waals surface area contributed by atoms with E-state index in [4.69, 9.17) is 27.9 Å². The van der Waals surface area contributed by atoms with Gasteiger partial charge in [-0.05, 0) is 37.1 Å². The van der Waals surface area contributed by atoms with Gasteiger partial charge in [-0.15, -0.1) is 12.4 Å². The minimum Gasteiger partial charge on any atom is -0.384 e. The fourth-order valence-electron chi connectivity index (χ4n) is 3.58. The Balaban J connectivity index is 0.00000133. The predicted octanol–water partition coefficient (Wildman–Crippen LogP) is 3.68. The molecule has 2 atom stereocenters. The third kappa shape index (κ3) is 2.28. The van der Waals surface area contributed by atoms with E-state index in [-0.39, 0.29) is 17.8 Å². The lowest BCUT2D eigenvalue weighted by atomic mass is 9.82. The highest BCUT2D eigenvalue weighted by molar-refractivity contribution is 6.42. The smallest absolute Gasteiger partial charge is 0.0595 e. The number of benzene rings is 1. The number of hydrogen-bond acceptors (Lipinski definition) is 2. The van der Waals surface area contributed by atoms with E-state index in [9.17, 15) is 0 Å². The molecule has 1 N–H and O–H groups in total. The maximum atomic E-state index is 6.15. The van der Waals surface area contributed by atoms with Gasteiger partial charge in [0.05, 0.1) is 16.7 Å². The third-order valence-corrected chi connectivity index (χ3v) is 5.37. The molecule has 1 heterocycles. The molecule has 19 heavy (non-hydrogen) atoms. The van der Waals surface area contributed by atoms with Crippen molar-refractivity contribution in [3.8, 4) is 0 Å². The van der Waals surface area contributed by atoms with Crippen LogP contribution in [0.4, 0.5) is 0 Å². The van der Waals surface area contributed by atoms with Crippen molar-refractivity contribution in [2.24, 2.45) is 5.41 Å². The molecule has 0 spiro atoms. The summed E-state index contributed by atoms with van der Waals surface area (Å²) in [5.74, 6) is 0. The number of hydrogen-bond donors (Lipinski definition) is 1. The Bertz CT molecular complexity index is 478. The van der Waals surface area contributed by atoms with Gasteiger partial charge in [-0.2, -0.15) is 0 Å². The quantitative estimate of drug-likeness (QED) is 0.916. The van der Waals surface area contributed by atoms with Gasteiger partial charge in [0, 0.05) is 24.5 Å². The number of rotatable bonds is 3. The molecule has 2 fully saturated rings. The molecule has 1 aliphatic carbocycles. The number of halogens is 3. The van der Waals surface area contributed by atoms with Gasteiger partial charge < -0.3 is 10.1 Å². The number of piperidine rings is 1. The van der Waals surface area contributed by atoms with Gasteiger partial charge in [-0.1, -0.05) is 29.3 Å². The number of fused-ring (bicyclic) bond motifs is 1. The molecule has 106 valence electrons. The van der Waals surface area contributed by atoms with Crippen LogP contribution in [0.15, 0.2) is 18.2 Å². The second kappa shape index (κ2) is 5.42. The van der Waals surface area contributed by atoms with E-state index in [1.807, 2.05) is 12.1 Å². The van der Waals surface area contributed by atoms with Crippen LogP contribution < -0.4 is 5.32 Å². The minimum atomic E-state index is 0.